The molecule has 0 unspecified atom stereocenters. The largest absolute Gasteiger partial charge is 0.416 e. The zero-order valence-electron chi connectivity index (χ0n) is 11.6. The Hall–Kier alpha value is -2.26. The molecule has 0 amide bonds. The van der Waals surface area contributed by atoms with E-state index in [-0.39, 0.29) is 27.3 Å². The van der Waals surface area contributed by atoms with Crippen molar-refractivity contribution in [3.05, 3.63) is 56.0 Å². The van der Waals surface area contributed by atoms with Crippen molar-refractivity contribution in [2.24, 2.45) is 0 Å². The third-order valence-electron chi connectivity index (χ3n) is 3.26. The number of benzene rings is 1. The van der Waals surface area contributed by atoms with Gasteiger partial charge in [0.25, 0.3) is 5.56 Å². The van der Waals surface area contributed by atoms with Crippen molar-refractivity contribution in [1.82, 2.24) is 4.98 Å². The van der Waals surface area contributed by atoms with Gasteiger partial charge in [0.1, 0.15) is 11.6 Å². The van der Waals surface area contributed by atoms with E-state index in [4.69, 9.17) is 16.9 Å². The van der Waals surface area contributed by atoms with Gasteiger partial charge in [-0.3, -0.25) is 4.79 Å². The molecule has 0 bridgehead atoms. The molecule has 1 heterocycles. The number of aryl methyl sites for hydroxylation is 1. The minimum atomic E-state index is -4.52. The normalized spacial score (nSPS) is 11.3. The third-order valence-corrected chi connectivity index (χ3v) is 3.75. The molecule has 22 heavy (non-hydrogen) atoms. The Labute approximate surface area is 129 Å². The smallest absolute Gasteiger partial charge is 0.325 e. The number of aromatic amines is 1. The van der Waals surface area contributed by atoms with Crippen LogP contribution < -0.4 is 5.56 Å². The summed E-state index contributed by atoms with van der Waals surface area (Å²) < 4.78 is 38.6. The molecule has 7 heteroatoms. The van der Waals surface area contributed by atoms with Crippen LogP contribution in [0.25, 0.3) is 11.1 Å². The maximum absolute atomic E-state index is 12.9. The van der Waals surface area contributed by atoms with Crippen LogP contribution in [-0.2, 0) is 6.18 Å². The summed E-state index contributed by atoms with van der Waals surface area (Å²) in [5, 5.41) is 8.97. The highest BCUT2D eigenvalue weighted by Gasteiger charge is 2.33. The first-order chi connectivity index (χ1) is 10.2. The van der Waals surface area contributed by atoms with Crippen molar-refractivity contribution in [3.8, 4) is 17.2 Å². The highest BCUT2D eigenvalue weighted by atomic mass is 35.5. The Kier molecular flexibility index (Phi) is 4.03. The molecule has 0 atom stereocenters. The maximum atomic E-state index is 12.9. The summed E-state index contributed by atoms with van der Waals surface area (Å²) in [7, 11) is 0. The van der Waals surface area contributed by atoms with Crippen molar-refractivity contribution in [1.29, 1.82) is 5.26 Å². The first kappa shape index (κ1) is 16.1. The minimum Gasteiger partial charge on any atom is -0.325 e. The highest BCUT2D eigenvalue weighted by Crippen LogP contribution is 2.39. The Bertz CT molecular complexity index is 848. The SMILES string of the molecule is Cc1cc(-c2ccc(C(F)(F)F)c(C)c2Cl)c(C#N)c(=O)[nH]1. The van der Waals surface area contributed by atoms with Crippen molar-refractivity contribution in [2.45, 2.75) is 20.0 Å². The zero-order valence-corrected chi connectivity index (χ0v) is 12.4. The number of aromatic nitrogens is 1. The molecule has 2 aromatic rings. The van der Waals surface area contributed by atoms with Crippen molar-refractivity contribution in [3.63, 3.8) is 0 Å². The van der Waals surface area contributed by atoms with Crippen LogP contribution in [0.4, 0.5) is 13.2 Å². The van der Waals surface area contributed by atoms with Crippen LogP contribution in [0.3, 0.4) is 0 Å². The Morgan fingerprint density at radius 3 is 2.41 bits per heavy atom. The molecule has 0 aliphatic carbocycles. The van der Waals surface area contributed by atoms with Crippen molar-refractivity contribution >= 4 is 11.6 Å². The molecule has 0 saturated heterocycles. The molecule has 114 valence electrons. The van der Waals surface area contributed by atoms with E-state index < -0.39 is 17.3 Å². The molecule has 3 nitrogen and oxygen atoms in total. The number of rotatable bonds is 1. The monoisotopic (exact) mass is 326 g/mol. The van der Waals surface area contributed by atoms with Crippen LogP contribution in [0.2, 0.25) is 5.02 Å². The van der Waals surface area contributed by atoms with E-state index in [1.165, 1.54) is 19.1 Å². The van der Waals surface area contributed by atoms with Gasteiger partial charge < -0.3 is 4.98 Å². The summed E-state index contributed by atoms with van der Waals surface area (Å²) in [6.45, 7) is 2.86. The number of pyridine rings is 1. The van der Waals surface area contributed by atoms with E-state index >= 15 is 0 Å². The average Bonchev–Trinajstić information content (AvgIpc) is 2.39. The van der Waals surface area contributed by atoms with Gasteiger partial charge in [-0.25, -0.2) is 0 Å². The van der Waals surface area contributed by atoms with E-state index in [1.54, 1.807) is 13.0 Å². The van der Waals surface area contributed by atoms with Crippen molar-refractivity contribution in [2.75, 3.05) is 0 Å². The Balaban J connectivity index is 2.79. The molecular weight excluding hydrogens is 317 g/mol. The fourth-order valence-corrected chi connectivity index (χ4v) is 2.48. The number of nitrogens with one attached hydrogen (secondary N) is 1. The second kappa shape index (κ2) is 5.50. The van der Waals surface area contributed by atoms with Gasteiger partial charge in [0.2, 0.25) is 0 Å². The summed E-state index contributed by atoms with van der Waals surface area (Å²) in [5.74, 6) is 0. The molecule has 0 spiro atoms. The lowest BCUT2D eigenvalue weighted by Crippen LogP contribution is -2.13. The number of nitrogens with zero attached hydrogens (tertiary/aromatic N) is 1. The maximum Gasteiger partial charge on any atom is 0.416 e. The van der Waals surface area contributed by atoms with Crippen LogP contribution in [0.15, 0.2) is 23.0 Å². The molecule has 1 aromatic carbocycles. The lowest BCUT2D eigenvalue weighted by molar-refractivity contribution is -0.138. The van der Waals surface area contributed by atoms with Gasteiger partial charge in [-0.1, -0.05) is 17.7 Å². The second-order valence-electron chi connectivity index (χ2n) is 4.78. The van der Waals surface area contributed by atoms with Gasteiger partial charge in [0.05, 0.1) is 10.6 Å². The number of hydrogen-bond donors (Lipinski definition) is 1. The fraction of sp³-hybridized carbons (Fsp3) is 0.200. The quantitative estimate of drug-likeness (QED) is 0.853. The van der Waals surface area contributed by atoms with Gasteiger partial charge in [-0.05, 0) is 31.5 Å². The number of nitriles is 1. The van der Waals surface area contributed by atoms with E-state index in [2.05, 4.69) is 4.98 Å². The van der Waals surface area contributed by atoms with E-state index in [1.807, 2.05) is 0 Å². The number of alkyl halides is 3. The van der Waals surface area contributed by atoms with Gasteiger partial charge in [0.15, 0.2) is 0 Å². The van der Waals surface area contributed by atoms with Gasteiger partial charge in [-0.15, -0.1) is 0 Å². The first-order valence-electron chi connectivity index (χ1n) is 6.17. The standard InChI is InChI=1S/C15H10ClF3N2O/c1-7-5-10(11(6-20)14(22)21-7)9-3-4-12(15(17,18)19)8(2)13(9)16/h3-5H,1-2H3,(H,21,22). The summed E-state index contributed by atoms with van der Waals surface area (Å²) >= 11 is 6.05. The number of hydrogen-bond acceptors (Lipinski definition) is 2. The van der Waals surface area contributed by atoms with Gasteiger partial charge in [-0.2, -0.15) is 18.4 Å². The van der Waals surface area contributed by atoms with Crippen LogP contribution in [0.5, 0.6) is 0 Å². The minimum absolute atomic E-state index is 0.128. The van der Waals surface area contributed by atoms with E-state index in [0.717, 1.165) is 6.07 Å². The predicted molar refractivity (Wildman–Crippen MR) is 76.7 cm³/mol. The molecule has 1 N–H and O–H groups in total. The van der Waals surface area contributed by atoms with Gasteiger partial charge >= 0.3 is 6.18 Å². The van der Waals surface area contributed by atoms with E-state index in [0.29, 0.717) is 5.69 Å². The Morgan fingerprint density at radius 1 is 1.23 bits per heavy atom. The van der Waals surface area contributed by atoms with Crippen molar-refractivity contribution < 1.29 is 13.2 Å². The predicted octanol–water partition coefficient (Wildman–Crippen LogP) is 4.20. The molecule has 0 saturated carbocycles. The topological polar surface area (TPSA) is 56.6 Å². The molecule has 0 fully saturated rings. The average molecular weight is 327 g/mol. The number of halogens is 4. The molecule has 2 rings (SSSR count). The van der Waals surface area contributed by atoms with Crippen LogP contribution >= 0.6 is 11.6 Å². The Morgan fingerprint density at radius 2 is 1.86 bits per heavy atom. The first-order valence-corrected chi connectivity index (χ1v) is 6.55. The highest BCUT2D eigenvalue weighted by molar-refractivity contribution is 6.34. The molecule has 0 aliphatic rings. The third kappa shape index (κ3) is 2.72. The van der Waals surface area contributed by atoms with E-state index in [9.17, 15) is 18.0 Å². The summed E-state index contributed by atoms with van der Waals surface area (Å²) in [4.78, 5) is 14.3. The fourth-order valence-electron chi connectivity index (χ4n) is 2.21. The molecule has 0 radical (unpaired) electrons. The van der Waals surface area contributed by atoms with Gasteiger partial charge in [0, 0.05) is 16.8 Å². The van der Waals surface area contributed by atoms with Crippen LogP contribution in [0.1, 0.15) is 22.4 Å². The summed E-state index contributed by atoms with van der Waals surface area (Å²) in [6, 6.07) is 5.34. The molecule has 1 aromatic heterocycles. The lowest BCUT2D eigenvalue weighted by atomic mass is 9.96. The zero-order chi connectivity index (χ0) is 16.7. The lowest BCUT2D eigenvalue weighted by Gasteiger charge is -2.15. The van der Waals surface area contributed by atoms with Crippen LogP contribution in [-0.4, -0.2) is 4.98 Å². The second-order valence-corrected chi connectivity index (χ2v) is 5.16. The summed E-state index contributed by atoms with van der Waals surface area (Å²) in [5.41, 5.74) is -0.872. The summed E-state index contributed by atoms with van der Waals surface area (Å²) in [6.07, 6.45) is -4.52. The van der Waals surface area contributed by atoms with Crippen LogP contribution in [0, 0.1) is 25.2 Å². The number of H-pyrrole nitrogens is 1. The molecule has 0 aliphatic heterocycles. The molecular formula is C15H10ClF3N2O.